The van der Waals surface area contributed by atoms with Gasteiger partial charge in [0.1, 0.15) is 11.6 Å². The number of nitrogens with zero attached hydrogens (tertiary/aromatic N) is 2. The van der Waals surface area contributed by atoms with Gasteiger partial charge in [-0.2, -0.15) is 0 Å². The Hall–Kier alpha value is -3.22. The van der Waals surface area contributed by atoms with Crippen LogP contribution in [0.1, 0.15) is 17.8 Å². The predicted octanol–water partition coefficient (Wildman–Crippen LogP) is 1.58. The molecule has 0 bridgehead atoms. The van der Waals surface area contributed by atoms with E-state index < -0.39 is 0 Å². The number of aryl methyl sites for hydroxylation is 1. The highest BCUT2D eigenvalue weighted by Crippen LogP contribution is 2.13. The van der Waals surface area contributed by atoms with Gasteiger partial charge in [0.05, 0.1) is 19.0 Å². The van der Waals surface area contributed by atoms with Gasteiger partial charge in [0.25, 0.3) is 5.56 Å². The first kappa shape index (κ1) is 16.6. The lowest BCUT2D eigenvalue weighted by molar-refractivity contribution is -0.121. The molecule has 7 heteroatoms. The molecule has 0 spiro atoms. The van der Waals surface area contributed by atoms with E-state index in [2.05, 4.69) is 20.3 Å². The van der Waals surface area contributed by atoms with E-state index in [9.17, 15) is 9.59 Å². The van der Waals surface area contributed by atoms with Gasteiger partial charge < -0.3 is 15.0 Å². The molecule has 0 aliphatic rings. The average molecular weight is 338 g/mol. The molecule has 1 amide bonds. The number of pyridine rings is 1. The summed E-state index contributed by atoms with van der Waals surface area (Å²) in [6.07, 6.45) is 2.51. The monoisotopic (exact) mass is 338 g/mol. The Balaban J connectivity index is 1.58. The van der Waals surface area contributed by atoms with E-state index in [1.54, 1.807) is 25.4 Å². The molecular weight excluding hydrogens is 320 g/mol. The van der Waals surface area contributed by atoms with E-state index in [1.807, 2.05) is 24.3 Å². The lowest BCUT2D eigenvalue weighted by atomic mass is 10.1. The maximum atomic E-state index is 12.0. The number of amides is 1. The zero-order valence-electron chi connectivity index (χ0n) is 13.8. The van der Waals surface area contributed by atoms with Crippen molar-refractivity contribution in [3.8, 4) is 5.75 Å². The number of hydrogen-bond acceptors (Lipinski definition) is 5. The Morgan fingerprint density at radius 2 is 2.16 bits per heavy atom. The topological polar surface area (TPSA) is 97.0 Å². The van der Waals surface area contributed by atoms with Crippen LogP contribution in [0.5, 0.6) is 5.75 Å². The summed E-state index contributed by atoms with van der Waals surface area (Å²) in [7, 11) is 1.61. The van der Waals surface area contributed by atoms with Crippen LogP contribution in [0.2, 0.25) is 0 Å². The molecule has 0 unspecified atom stereocenters. The summed E-state index contributed by atoms with van der Waals surface area (Å²) in [6.45, 7) is 0.151. The van der Waals surface area contributed by atoms with E-state index in [-0.39, 0.29) is 18.0 Å². The highest BCUT2D eigenvalue weighted by atomic mass is 16.5. The van der Waals surface area contributed by atoms with Crippen molar-refractivity contribution in [2.24, 2.45) is 0 Å². The summed E-state index contributed by atoms with van der Waals surface area (Å²) in [6, 6.07) is 10.9. The molecule has 0 radical (unpaired) electrons. The van der Waals surface area contributed by atoms with Crippen LogP contribution in [-0.2, 0) is 17.8 Å². The van der Waals surface area contributed by atoms with Crippen molar-refractivity contribution in [1.29, 1.82) is 0 Å². The summed E-state index contributed by atoms with van der Waals surface area (Å²) >= 11 is 0. The molecule has 0 aliphatic carbocycles. The van der Waals surface area contributed by atoms with E-state index in [0.717, 1.165) is 11.3 Å². The second kappa shape index (κ2) is 7.57. The third-order valence-corrected chi connectivity index (χ3v) is 3.76. The SMILES string of the molecule is COc1cccc(CCC(=O)NCc2nc3ncccc3c(=O)[nH]2)c1. The molecule has 3 aromatic rings. The van der Waals surface area contributed by atoms with Crippen LogP contribution in [0.3, 0.4) is 0 Å². The number of aromatic nitrogens is 3. The van der Waals surface area contributed by atoms with Gasteiger partial charge >= 0.3 is 0 Å². The largest absolute Gasteiger partial charge is 0.497 e. The van der Waals surface area contributed by atoms with Crippen molar-refractivity contribution in [1.82, 2.24) is 20.3 Å². The summed E-state index contributed by atoms with van der Waals surface area (Å²) in [5.74, 6) is 1.03. The zero-order valence-corrected chi connectivity index (χ0v) is 13.8. The van der Waals surface area contributed by atoms with Crippen molar-refractivity contribution < 1.29 is 9.53 Å². The Morgan fingerprint density at radius 1 is 1.28 bits per heavy atom. The zero-order chi connectivity index (χ0) is 17.6. The molecule has 2 heterocycles. The van der Waals surface area contributed by atoms with Crippen LogP contribution < -0.4 is 15.6 Å². The summed E-state index contributed by atoms with van der Waals surface area (Å²) in [4.78, 5) is 34.9. The molecule has 1 aromatic carbocycles. The first-order valence-corrected chi connectivity index (χ1v) is 7.89. The second-order valence-corrected chi connectivity index (χ2v) is 5.52. The predicted molar refractivity (Wildman–Crippen MR) is 93.3 cm³/mol. The number of methoxy groups -OCH3 is 1. The van der Waals surface area contributed by atoms with E-state index in [1.165, 1.54) is 0 Å². The van der Waals surface area contributed by atoms with Crippen molar-refractivity contribution in [2.75, 3.05) is 7.11 Å². The minimum absolute atomic E-state index is 0.119. The van der Waals surface area contributed by atoms with Crippen LogP contribution in [0.25, 0.3) is 11.0 Å². The maximum Gasteiger partial charge on any atom is 0.260 e. The first-order valence-electron chi connectivity index (χ1n) is 7.89. The van der Waals surface area contributed by atoms with Gasteiger partial charge in [0, 0.05) is 12.6 Å². The van der Waals surface area contributed by atoms with Gasteiger partial charge in [-0.05, 0) is 36.2 Å². The standard InChI is InChI=1S/C18H18N4O3/c1-25-13-5-2-4-12(10-13)7-8-16(23)20-11-15-21-17-14(18(24)22-15)6-3-9-19-17/h2-6,9-10H,7-8,11H2,1H3,(H,20,23)(H,19,21,22,24). The van der Waals surface area contributed by atoms with Crippen LogP contribution in [0, 0.1) is 0 Å². The quantitative estimate of drug-likeness (QED) is 0.711. The van der Waals surface area contributed by atoms with Crippen LogP contribution in [0.15, 0.2) is 47.4 Å². The number of aromatic amines is 1. The molecule has 3 rings (SSSR count). The summed E-state index contributed by atoms with van der Waals surface area (Å²) < 4.78 is 5.16. The third-order valence-electron chi connectivity index (χ3n) is 3.76. The molecule has 0 atom stereocenters. The van der Waals surface area contributed by atoms with Crippen molar-refractivity contribution in [3.05, 3.63) is 64.3 Å². The Labute approximate surface area is 144 Å². The van der Waals surface area contributed by atoms with Crippen molar-refractivity contribution in [3.63, 3.8) is 0 Å². The number of H-pyrrole nitrogens is 1. The molecule has 2 N–H and O–H groups in total. The summed E-state index contributed by atoms with van der Waals surface area (Å²) in [5, 5.41) is 3.19. The fourth-order valence-electron chi connectivity index (χ4n) is 2.46. The number of ether oxygens (including phenoxy) is 1. The number of hydrogen-bond donors (Lipinski definition) is 2. The number of benzene rings is 1. The van der Waals surface area contributed by atoms with Gasteiger partial charge in [0.15, 0.2) is 5.65 Å². The Morgan fingerprint density at radius 3 is 3.00 bits per heavy atom. The number of carbonyl (C=O) groups is 1. The van der Waals surface area contributed by atoms with Gasteiger partial charge in [-0.3, -0.25) is 9.59 Å². The number of carbonyl (C=O) groups excluding carboxylic acids is 1. The smallest absolute Gasteiger partial charge is 0.260 e. The Kier molecular flexibility index (Phi) is 5.03. The number of fused-ring (bicyclic) bond motifs is 1. The van der Waals surface area contributed by atoms with E-state index >= 15 is 0 Å². The van der Waals surface area contributed by atoms with Gasteiger partial charge in [0.2, 0.25) is 5.91 Å². The normalized spacial score (nSPS) is 10.6. The molecule has 0 saturated carbocycles. The highest BCUT2D eigenvalue weighted by Gasteiger charge is 2.07. The molecule has 0 aliphatic heterocycles. The van der Waals surface area contributed by atoms with Crippen LogP contribution in [-0.4, -0.2) is 28.0 Å². The Bertz CT molecular complexity index is 952. The first-order chi connectivity index (χ1) is 12.2. The van der Waals surface area contributed by atoms with Crippen LogP contribution >= 0.6 is 0 Å². The maximum absolute atomic E-state index is 12.0. The van der Waals surface area contributed by atoms with Gasteiger partial charge in [-0.25, -0.2) is 9.97 Å². The molecule has 0 saturated heterocycles. The molecule has 0 fully saturated rings. The van der Waals surface area contributed by atoms with E-state index in [0.29, 0.717) is 29.7 Å². The highest BCUT2D eigenvalue weighted by molar-refractivity contribution is 5.76. The lowest BCUT2D eigenvalue weighted by Gasteiger charge is -2.06. The molecule has 2 aromatic heterocycles. The lowest BCUT2D eigenvalue weighted by Crippen LogP contribution is -2.26. The van der Waals surface area contributed by atoms with Crippen molar-refractivity contribution >= 4 is 16.9 Å². The van der Waals surface area contributed by atoms with Crippen molar-refractivity contribution in [2.45, 2.75) is 19.4 Å². The third kappa shape index (κ3) is 4.20. The number of rotatable bonds is 6. The minimum Gasteiger partial charge on any atom is -0.497 e. The molecule has 25 heavy (non-hydrogen) atoms. The minimum atomic E-state index is -0.265. The fourth-order valence-corrected chi connectivity index (χ4v) is 2.46. The summed E-state index contributed by atoms with van der Waals surface area (Å²) in [5.41, 5.74) is 1.13. The second-order valence-electron chi connectivity index (χ2n) is 5.52. The van der Waals surface area contributed by atoms with Gasteiger partial charge in [-0.15, -0.1) is 0 Å². The molecule has 128 valence electrons. The van der Waals surface area contributed by atoms with Gasteiger partial charge in [-0.1, -0.05) is 12.1 Å². The van der Waals surface area contributed by atoms with E-state index in [4.69, 9.17) is 4.74 Å². The molecular formula is C18H18N4O3. The fraction of sp³-hybridized carbons (Fsp3) is 0.222. The average Bonchev–Trinajstić information content (AvgIpc) is 2.65. The number of nitrogens with one attached hydrogen (secondary N) is 2. The molecule has 7 nitrogen and oxygen atoms in total. The van der Waals surface area contributed by atoms with Crippen LogP contribution in [0.4, 0.5) is 0 Å².